The van der Waals surface area contributed by atoms with Gasteiger partial charge < -0.3 is 20.0 Å². The molecule has 2 heterocycles. The number of hydrogen-bond donors (Lipinski definition) is 2. The molecule has 0 unspecified atom stereocenters. The van der Waals surface area contributed by atoms with Crippen LogP contribution in [0.3, 0.4) is 0 Å². The van der Waals surface area contributed by atoms with E-state index in [4.69, 9.17) is 14.5 Å². The van der Waals surface area contributed by atoms with Gasteiger partial charge in [0.1, 0.15) is 11.5 Å². The summed E-state index contributed by atoms with van der Waals surface area (Å²) >= 11 is 0. The van der Waals surface area contributed by atoms with E-state index in [0.29, 0.717) is 11.5 Å². The van der Waals surface area contributed by atoms with Crippen LogP contribution in [-0.4, -0.2) is 39.5 Å². The molecule has 8 heteroatoms. The number of oxime groups is 1. The number of nitrogens with one attached hydrogen (secondary N) is 1. The lowest BCUT2D eigenvalue weighted by atomic mass is 10.1. The van der Waals surface area contributed by atoms with Gasteiger partial charge in [0, 0.05) is 29.2 Å². The number of ether oxygens (including phenoxy) is 2. The molecule has 2 aromatic heterocycles. The zero-order valence-electron chi connectivity index (χ0n) is 18.1. The van der Waals surface area contributed by atoms with Crippen molar-refractivity contribution in [1.82, 2.24) is 14.4 Å². The molecule has 4 aromatic rings. The molecule has 1 aliphatic carbocycles. The molecule has 0 atom stereocenters. The van der Waals surface area contributed by atoms with E-state index in [1.54, 1.807) is 20.4 Å². The van der Waals surface area contributed by atoms with Crippen LogP contribution in [0.4, 0.5) is 11.5 Å². The summed E-state index contributed by atoms with van der Waals surface area (Å²) in [5, 5.41) is 16.2. The van der Waals surface area contributed by atoms with Crippen molar-refractivity contribution in [3.8, 4) is 22.8 Å². The first kappa shape index (κ1) is 19.9. The first-order valence-electron chi connectivity index (χ1n) is 10.3. The third kappa shape index (κ3) is 3.20. The maximum Gasteiger partial charge on any atom is 0.161 e. The van der Waals surface area contributed by atoms with E-state index in [-0.39, 0.29) is 0 Å². The molecule has 0 aliphatic heterocycles. The summed E-state index contributed by atoms with van der Waals surface area (Å²) in [5.74, 6) is 2.12. The zero-order chi connectivity index (χ0) is 22.2. The Hall–Kier alpha value is -4.07. The SMILES string of the molecule is COc1ccc(-c2nc3c(C)nccn3c2Nc2ccc3c(c2)CCC3=NO)cc1OC. The molecule has 0 bridgehead atoms. The molecule has 8 nitrogen and oxygen atoms in total. The number of rotatable bonds is 5. The summed E-state index contributed by atoms with van der Waals surface area (Å²) in [4.78, 5) is 9.29. The first-order valence-corrected chi connectivity index (χ1v) is 10.3. The maximum atomic E-state index is 9.21. The second-order valence-corrected chi connectivity index (χ2v) is 7.63. The molecule has 0 amide bonds. The molecule has 5 rings (SSSR count). The number of methoxy groups -OCH3 is 2. The Bertz CT molecular complexity index is 1360. The van der Waals surface area contributed by atoms with E-state index < -0.39 is 0 Å². The highest BCUT2D eigenvalue weighted by Crippen LogP contribution is 2.37. The second-order valence-electron chi connectivity index (χ2n) is 7.63. The van der Waals surface area contributed by atoms with Gasteiger partial charge in [0.25, 0.3) is 0 Å². The van der Waals surface area contributed by atoms with Crippen LogP contribution < -0.4 is 14.8 Å². The smallest absolute Gasteiger partial charge is 0.161 e. The highest BCUT2D eigenvalue weighted by atomic mass is 16.5. The third-order valence-electron chi connectivity index (χ3n) is 5.81. The van der Waals surface area contributed by atoms with Crippen molar-refractivity contribution < 1.29 is 14.7 Å². The van der Waals surface area contributed by atoms with Gasteiger partial charge in [-0.25, -0.2) is 4.98 Å². The fraction of sp³-hybridized carbons (Fsp3) is 0.208. The highest BCUT2D eigenvalue weighted by molar-refractivity contribution is 6.04. The fourth-order valence-electron chi connectivity index (χ4n) is 4.19. The molecular formula is C24H23N5O3. The number of aryl methyl sites for hydroxylation is 2. The Morgan fingerprint density at radius 3 is 2.69 bits per heavy atom. The largest absolute Gasteiger partial charge is 0.493 e. The third-order valence-corrected chi connectivity index (χ3v) is 5.81. The van der Waals surface area contributed by atoms with Gasteiger partial charge in [0.2, 0.25) is 0 Å². The molecule has 1 aliphatic rings. The topological polar surface area (TPSA) is 93.3 Å². The number of aromatic nitrogens is 3. The summed E-state index contributed by atoms with van der Waals surface area (Å²) < 4.78 is 12.9. The van der Waals surface area contributed by atoms with E-state index in [1.165, 1.54) is 0 Å². The Kier molecular flexibility index (Phi) is 4.89. The molecule has 0 spiro atoms. The van der Waals surface area contributed by atoms with Crippen LogP contribution in [0.5, 0.6) is 11.5 Å². The quantitative estimate of drug-likeness (QED) is 0.356. The molecule has 0 radical (unpaired) electrons. The zero-order valence-corrected chi connectivity index (χ0v) is 18.1. The molecule has 2 aromatic carbocycles. The Balaban J connectivity index is 1.64. The van der Waals surface area contributed by atoms with Crippen LogP contribution in [0.15, 0.2) is 53.9 Å². The molecule has 32 heavy (non-hydrogen) atoms. The minimum Gasteiger partial charge on any atom is -0.493 e. The summed E-state index contributed by atoms with van der Waals surface area (Å²) in [6.45, 7) is 1.94. The lowest BCUT2D eigenvalue weighted by molar-refractivity contribution is 0.318. The molecular weight excluding hydrogens is 406 g/mol. The maximum absolute atomic E-state index is 9.21. The van der Waals surface area contributed by atoms with Crippen LogP contribution in [0, 0.1) is 6.92 Å². The van der Waals surface area contributed by atoms with Gasteiger partial charge in [0.05, 0.1) is 25.6 Å². The number of anilines is 2. The second kappa shape index (κ2) is 7.88. The van der Waals surface area contributed by atoms with Crippen molar-refractivity contribution in [3.05, 3.63) is 65.6 Å². The monoisotopic (exact) mass is 429 g/mol. The van der Waals surface area contributed by atoms with Gasteiger partial charge in [-0.3, -0.25) is 9.38 Å². The van der Waals surface area contributed by atoms with Crippen LogP contribution in [0.25, 0.3) is 16.9 Å². The Morgan fingerprint density at radius 1 is 1.06 bits per heavy atom. The lowest BCUT2D eigenvalue weighted by Gasteiger charge is -2.12. The predicted octanol–water partition coefficient (Wildman–Crippen LogP) is 4.59. The highest BCUT2D eigenvalue weighted by Gasteiger charge is 2.21. The summed E-state index contributed by atoms with van der Waals surface area (Å²) in [7, 11) is 3.23. The standard InChI is InChI=1S/C24H23N5O3/c1-14-23-27-22(16-5-9-20(31-2)21(13-16)32-3)24(29(23)11-10-25-14)26-17-6-7-18-15(12-17)4-8-19(18)28-30/h5-7,9-13,26,30H,4,8H2,1-3H3. The van der Waals surface area contributed by atoms with Gasteiger partial charge in [-0.1, -0.05) is 11.2 Å². The summed E-state index contributed by atoms with van der Waals surface area (Å²) in [6.07, 6.45) is 5.25. The lowest BCUT2D eigenvalue weighted by Crippen LogP contribution is -2.00. The van der Waals surface area contributed by atoms with Crippen LogP contribution in [0.1, 0.15) is 23.2 Å². The van der Waals surface area contributed by atoms with E-state index >= 15 is 0 Å². The van der Waals surface area contributed by atoms with Crippen molar-refractivity contribution in [2.75, 3.05) is 19.5 Å². The number of fused-ring (bicyclic) bond motifs is 2. The van der Waals surface area contributed by atoms with Crippen molar-refractivity contribution in [3.63, 3.8) is 0 Å². The molecule has 0 saturated heterocycles. The van der Waals surface area contributed by atoms with E-state index in [9.17, 15) is 5.21 Å². The van der Waals surface area contributed by atoms with E-state index in [1.807, 2.05) is 47.9 Å². The van der Waals surface area contributed by atoms with Crippen molar-refractivity contribution in [1.29, 1.82) is 0 Å². The predicted molar refractivity (Wildman–Crippen MR) is 123 cm³/mol. The summed E-state index contributed by atoms with van der Waals surface area (Å²) in [5.41, 5.74) is 7.09. The van der Waals surface area contributed by atoms with Gasteiger partial charge >= 0.3 is 0 Å². The van der Waals surface area contributed by atoms with Crippen LogP contribution in [0.2, 0.25) is 0 Å². The molecule has 0 saturated carbocycles. The van der Waals surface area contributed by atoms with Crippen molar-refractivity contribution in [2.24, 2.45) is 5.16 Å². The van der Waals surface area contributed by atoms with Crippen molar-refractivity contribution >= 4 is 22.9 Å². The Labute approximate surface area is 185 Å². The first-order chi connectivity index (χ1) is 15.6. The average molecular weight is 429 g/mol. The van der Waals surface area contributed by atoms with E-state index in [2.05, 4.69) is 21.5 Å². The van der Waals surface area contributed by atoms with Crippen LogP contribution >= 0.6 is 0 Å². The van der Waals surface area contributed by atoms with E-state index in [0.717, 1.165) is 63.8 Å². The molecule has 2 N–H and O–H groups in total. The molecule has 162 valence electrons. The minimum atomic E-state index is 0.635. The van der Waals surface area contributed by atoms with Gasteiger partial charge in [-0.05, 0) is 55.7 Å². The minimum absolute atomic E-state index is 0.635. The van der Waals surface area contributed by atoms with Gasteiger partial charge in [0.15, 0.2) is 17.1 Å². The average Bonchev–Trinajstić information content (AvgIpc) is 3.40. The fourth-order valence-corrected chi connectivity index (χ4v) is 4.19. The molecule has 0 fully saturated rings. The number of imidazole rings is 1. The van der Waals surface area contributed by atoms with Crippen LogP contribution in [-0.2, 0) is 6.42 Å². The number of benzene rings is 2. The number of hydrogen-bond acceptors (Lipinski definition) is 7. The normalized spacial score (nSPS) is 14.0. The summed E-state index contributed by atoms with van der Waals surface area (Å²) in [6, 6.07) is 11.8. The van der Waals surface area contributed by atoms with Gasteiger partial charge in [-0.2, -0.15) is 0 Å². The Morgan fingerprint density at radius 2 is 1.91 bits per heavy atom. The number of nitrogens with zero attached hydrogens (tertiary/aromatic N) is 4. The van der Waals surface area contributed by atoms with Gasteiger partial charge in [-0.15, -0.1) is 0 Å². The van der Waals surface area contributed by atoms with Crippen molar-refractivity contribution in [2.45, 2.75) is 19.8 Å².